The summed E-state index contributed by atoms with van der Waals surface area (Å²) in [4.78, 5) is -5.49. The molecule has 2 rings (SSSR count). The maximum absolute atomic E-state index is 12.5. The lowest BCUT2D eigenvalue weighted by molar-refractivity contribution is -0.466. The normalized spacial score (nSPS) is 20.5. The Labute approximate surface area is 161 Å². The van der Waals surface area contributed by atoms with Crippen LogP contribution in [0.4, 0.5) is 0 Å². The fraction of sp³-hybridized carbons (Fsp3) is 0.600. The molecule has 0 radical (unpaired) electrons. The smallest absolute Gasteiger partial charge is 0.399 e. The molecule has 1 aromatic rings. The van der Waals surface area contributed by atoms with Crippen molar-refractivity contribution in [1.82, 2.24) is 0 Å². The Kier molecular flexibility index (Phi) is 5.32. The Bertz CT molecular complexity index is 804. The van der Waals surface area contributed by atoms with Gasteiger partial charge in [-0.25, -0.2) is 8.42 Å². The summed E-state index contributed by atoms with van der Waals surface area (Å²) in [6.07, 6.45) is 0. The van der Waals surface area contributed by atoms with Crippen molar-refractivity contribution >= 4 is 22.4 Å². The van der Waals surface area contributed by atoms with Gasteiger partial charge in [0.25, 0.3) is 0 Å². The van der Waals surface area contributed by atoms with Crippen LogP contribution in [0.2, 0.25) is 0 Å². The number of sulfone groups is 1. The van der Waals surface area contributed by atoms with Crippen molar-refractivity contribution in [2.75, 3.05) is 0 Å². The zero-order valence-corrected chi connectivity index (χ0v) is 16.4. The minimum atomic E-state index is -5.53. The largest absolute Gasteiger partial charge is 0.494 e. The summed E-state index contributed by atoms with van der Waals surface area (Å²) in [5, 5.41) is 65.0. The van der Waals surface area contributed by atoms with Gasteiger partial charge in [-0.05, 0) is 45.3 Å². The molecule has 28 heavy (non-hydrogen) atoms. The summed E-state index contributed by atoms with van der Waals surface area (Å²) >= 11 is 0. The van der Waals surface area contributed by atoms with Crippen LogP contribution in [0.25, 0.3) is 0 Å². The minimum absolute atomic E-state index is 0.368. The van der Waals surface area contributed by atoms with E-state index in [1.54, 1.807) is 27.7 Å². The molecule has 0 spiro atoms. The van der Waals surface area contributed by atoms with E-state index in [1.807, 2.05) is 0 Å². The molecule has 0 unspecified atom stereocenters. The number of rotatable bonds is 5. The van der Waals surface area contributed by atoms with E-state index in [9.17, 15) is 44.2 Å². The molecule has 13 heteroatoms. The third kappa shape index (κ3) is 3.37. The fourth-order valence-electron chi connectivity index (χ4n) is 2.54. The lowest BCUT2D eigenvalue weighted by atomic mass is 9.79. The summed E-state index contributed by atoms with van der Waals surface area (Å²) in [5.74, 6) is -9.26. The zero-order chi connectivity index (χ0) is 22.0. The Morgan fingerprint density at radius 1 is 0.786 bits per heavy atom. The average Bonchev–Trinajstić information content (AvgIpc) is 2.72. The minimum Gasteiger partial charge on any atom is -0.399 e. The van der Waals surface area contributed by atoms with Crippen molar-refractivity contribution in [3.63, 3.8) is 0 Å². The number of hydrogen-bond donors (Lipinski definition) is 7. The van der Waals surface area contributed by atoms with Gasteiger partial charge in [0.15, 0.2) is 0 Å². The highest BCUT2D eigenvalue weighted by Gasteiger charge is 2.71. The van der Waals surface area contributed by atoms with E-state index in [-0.39, 0.29) is 0 Å². The number of benzene rings is 1. The Morgan fingerprint density at radius 2 is 1.14 bits per heavy atom. The van der Waals surface area contributed by atoms with Gasteiger partial charge >= 0.3 is 24.0 Å². The maximum atomic E-state index is 12.5. The topological polar surface area (TPSA) is 194 Å². The predicted molar refractivity (Wildman–Crippen MR) is 93.1 cm³/mol. The molecule has 1 heterocycles. The molecule has 11 nitrogen and oxygen atoms in total. The number of hydrogen-bond acceptors (Lipinski definition) is 11. The first-order valence-electron chi connectivity index (χ1n) is 8.05. The van der Waals surface area contributed by atoms with Gasteiger partial charge in [-0.2, -0.15) is 0 Å². The van der Waals surface area contributed by atoms with Crippen molar-refractivity contribution < 1.29 is 53.5 Å². The van der Waals surface area contributed by atoms with E-state index in [1.165, 1.54) is 12.1 Å². The predicted octanol–water partition coefficient (Wildman–Crippen LogP) is -3.29. The molecule has 0 aromatic heterocycles. The van der Waals surface area contributed by atoms with Crippen LogP contribution in [0, 0.1) is 0 Å². The van der Waals surface area contributed by atoms with Crippen LogP contribution < -0.4 is 5.46 Å². The van der Waals surface area contributed by atoms with Gasteiger partial charge in [0.1, 0.15) is 0 Å². The monoisotopic (exact) mass is 422 g/mol. The van der Waals surface area contributed by atoms with Gasteiger partial charge in [0.05, 0.1) is 16.1 Å². The van der Waals surface area contributed by atoms with Crippen LogP contribution in [-0.2, 0) is 19.1 Å². The van der Waals surface area contributed by atoms with Gasteiger partial charge in [-0.15, -0.1) is 0 Å². The fourth-order valence-corrected chi connectivity index (χ4v) is 4.10. The van der Waals surface area contributed by atoms with Crippen LogP contribution in [0.3, 0.4) is 0 Å². The Balaban J connectivity index is 2.45. The van der Waals surface area contributed by atoms with Crippen LogP contribution in [0.5, 0.6) is 0 Å². The zero-order valence-electron chi connectivity index (χ0n) is 15.6. The second kappa shape index (κ2) is 6.44. The standard InChI is InChI=1S/C15H23BO11S/c1-11(2)12(3,4)27-16(26-11)9-5-7-10(8-6-9)28(24,25)13(17,14(18,19)20)15(21,22)23/h5-8,17-23H,1-4H3. The van der Waals surface area contributed by atoms with Crippen LogP contribution in [-0.4, -0.2) is 79.4 Å². The molecule has 0 atom stereocenters. The molecule has 0 bridgehead atoms. The van der Waals surface area contributed by atoms with E-state index >= 15 is 0 Å². The SMILES string of the molecule is CC1(C)OB(c2ccc(S(=O)(=O)C(O)(C(O)(O)O)C(O)(O)O)cc2)OC1(C)C. The van der Waals surface area contributed by atoms with Gasteiger partial charge in [0, 0.05) is 0 Å². The van der Waals surface area contributed by atoms with E-state index in [4.69, 9.17) is 9.31 Å². The van der Waals surface area contributed by atoms with Gasteiger partial charge in [-0.1, -0.05) is 12.1 Å². The van der Waals surface area contributed by atoms with Crippen LogP contribution >= 0.6 is 0 Å². The summed E-state index contributed by atoms with van der Waals surface area (Å²) in [6, 6.07) is 4.13. The quantitative estimate of drug-likeness (QED) is 0.186. The highest BCUT2D eigenvalue weighted by Crippen LogP contribution is 2.38. The third-order valence-electron chi connectivity index (χ3n) is 5.01. The first kappa shape index (κ1) is 23.2. The van der Waals surface area contributed by atoms with Crippen molar-refractivity contribution in [2.45, 2.75) is 60.7 Å². The first-order chi connectivity index (χ1) is 12.3. The van der Waals surface area contributed by atoms with Crippen LogP contribution in [0.15, 0.2) is 29.2 Å². The summed E-state index contributed by atoms with van der Waals surface area (Å²) < 4.78 is 36.6. The summed E-state index contributed by atoms with van der Waals surface area (Å²) in [5.41, 5.74) is -0.971. The van der Waals surface area contributed by atoms with E-state index in [0.717, 1.165) is 12.1 Å². The lowest BCUT2D eigenvalue weighted by Gasteiger charge is -2.39. The first-order valence-corrected chi connectivity index (χ1v) is 9.53. The van der Waals surface area contributed by atoms with Crippen molar-refractivity contribution in [2.24, 2.45) is 0 Å². The van der Waals surface area contributed by atoms with Gasteiger partial charge < -0.3 is 45.1 Å². The Morgan fingerprint density at radius 3 is 1.46 bits per heavy atom. The number of aliphatic hydroxyl groups is 7. The molecule has 1 aliphatic heterocycles. The summed E-state index contributed by atoms with van der Waals surface area (Å²) in [7, 11) is -6.39. The van der Waals surface area contributed by atoms with Gasteiger partial charge in [0.2, 0.25) is 9.84 Å². The highest BCUT2D eigenvalue weighted by molar-refractivity contribution is 7.92. The molecule has 158 valence electrons. The van der Waals surface area contributed by atoms with Gasteiger partial charge in [-0.3, -0.25) is 0 Å². The van der Waals surface area contributed by atoms with E-state index in [2.05, 4.69) is 0 Å². The lowest BCUT2D eigenvalue weighted by Crippen LogP contribution is -2.72. The van der Waals surface area contributed by atoms with Crippen LogP contribution in [0.1, 0.15) is 27.7 Å². The average molecular weight is 422 g/mol. The Hall–Kier alpha value is -1.13. The second-order valence-corrected chi connectivity index (χ2v) is 9.64. The molecule has 1 aromatic carbocycles. The van der Waals surface area contributed by atoms with Crippen molar-refractivity contribution in [3.05, 3.63) is 24.3 Å². The molecule has 1 fully saturated rings. The molecule has 1 saturated heterocycles. The third-order valence-corrected chi connectivity index (χ3v) is 7.23. The van der Waals surface area contributed by atoms with Crippen molar-refractivity contribution in [3.8, 4) is 0 Å². The molecule has 7 N–H and O–H groups in total. The molecule has 1 aliphatic rings. The van der Waals surface area contributed by atoms with E-state index in [0.29, 0.717) is 5.46 Å². The maximum Gasteiger partial charge on any atom is 0.494 e. The highest BCUT2D eigenvalue weighted by atomic mass is 32.2. The second-order valence-electron chi connectivity index (χ2n) is 7.58. The summed E-state index contributed by atoms with van der Waals surface area (Å²) in [6.45, 7) is 7.22. The molecule has 0 amide bonds. The molecule has 0 saturated carbocycles. The molecular formula is C15H23BO11S. The van der Waals surface area contributed by atoms with E-state index < -0.39 is 49.9 Å². The molecule has 0 aliphatic carbocycles. The molecular weight excluding hydrogens is 399 g/mol. The van der Waals surface area contributed by atoms with Crippen molar-refractivity contribution in [1.29, 1.82) is 0 Å².